The summed E-state index contributed by atoms with van der Waals surface area (Å²) in [4.78, 5) is 11.3. The van der Waals surface area contributed by atoms with Crippen LogP contribution in [-0.2, 0) is 0 Å². The molecular weight excluding hydrogens is 240 g/mol. The molecule has 19 heavy (non-hydrogen) atoms. The van der Waals surface area contributed by atoms with Crippen molar-refractivity contribution in [2.75, 3.05) is 30.3 Å². The zero-order valence-corrected chi connectivity index (χ0v) is 12.1. The smallest absolute Gasteiger partial charge is 0.137 e. The van der Waals surface area contributed by atoms with E-state index in [0.29, 0.717) is 11.7 Å². The quantitative estimate of drug-likeness (QED) is 0.869. The first kappa shape index (κ1) is 14.1. The molecule has 2 heterocycles. The summed E-state index contributed by atoms with van der Waals surface area (Å²) in [6, 6.07) is 0. The first-order chi connectivity index (χ1) is 9.02. The van der Waals surface area contributed by atoms with Crippen LogP contribution in [0.3, 0.4) is 0 Å². The maximum atomic E-state index is 9.34. The van der Waals surface area contributed by atoms with Gasteiger partial charge in [0.1, 0.15) is 17.5 Å². The van der Waals surface area contributed by atoms with Crippen LogP contribution in [0.15, 0.2) is 0 Å². The zero-order valence-electron chi connectivity index (χ0n) is 12.1. The van der Waals surface area contributed by atoms with E-state index in [2.05, 4.69) is 28.7 Å². The van der Waals surface area contributed by atoms with Gasteiger partial charge in [0.15, 0.2) is 0 Å². The maximum absolute atomic E-state index is 9.34. The molecule has 0 spiro atoms. The van der Waals surface area contributed by atoms with Crippen LogP contribution >= 0.6 is 0 Å². The highest BCUT2D eigenvalue weighted by Gasteiger charge is 2.23. The molecule has 1 aliphatic rings. The van der Waals surface area contributed by atoms with E-state index >= 15 is 0 Å². The first-order valence-electron chi connectivity index (χ1n) is 7.02. The van der Waals surface area contributed by atoms with Crippen molar-refractivity contribution in [1.82, 2.24) is 9.97 Å². The summed E-state index contributed by atoms with van der Waals surface area (Å²) in [7, 11) is 0. The van der Waals surface area contributed by atoms with E-state index in [1.54, 1.807) is 0 Å². The van der Waals surface area contributed by atoms with Crippen molar-refractivity contribution in [1.29, 1.82) is 0 Å². The Morgan fingerprint density at radius 3 is 2.79 bits per heavy atom. The number of nitrogen functional groups attached to an aromatic ring is 1. The highest BCUT2D eigenvalue weighted by Crippen LogP contribution is 2.28. The maximum Gasteiger partial charge on any atom is 0.137 e. The Kier molecular flexibility index (Phi) is 4.24. The van der Waals surface area contributed by atoms with Gasteiger partial charge in [-0.25, -0.2) is 9.97 Å². The lowest BCUT2D eigenvalue weighted by Gasteiger charge is -2.34. The van der Waals surface area contributed by atoms with Crippen molar-refractivity contribution in [2.24, 2.45) is 5.92 Å². The average molecular weight is 264 g/mol. The lowest BCUT2D eigenvalue weighted by atomic mass is 9.99. The summed E-state index contributed by atoms with van der Waals surface area (Å²) in [5, 5.41) is 9.34. The molecule has 1 aromatic heterocycles. The van der Waals surface area contributed by atoms with Crippen molar-refractivity contribution in [3.05, 3.63) is 11.4 Å². The van der Waals surface area contributed by atoms with E-state index in [1.807, 2.05) is 6.92 Å². The van der Waals surface area contributed by atoms with Gasteiger partial charge in [0.2, 0.25) is 0 Å². The Bertz CT molecular complexity index is 447. The van der Waals surface area contributed by atoms with Gasteiger partial charge in [0.25, 0.3) is 0 Å². The van der Waals surface area contributed by atoms with E-state index in [9.17, 15) is 5.11 Å². The molecule has 0 aliphatic carbocycles. The van der Waals surface area contributed by atoms with Gasteiger partial charge < -0.3 is 15.7 Å². The number of anilines is 2. The van der Waals surface area contributed by atoms with Crippen LogP contribution in [0.2, 0.25) is 0 Å². The normalized spacial score (nSPS) is 20.1. The third-order valence-corrected chi connectivity index (χ3v) is 3.77. The number of aliphatic hydroxyl groups excluding tert-OH is 1. The number of nitrogens with two attached hydrogens (primary N) is 1. The fraction of sp³-hybridized carbons (Fsp3) is 0.714. The highest BCUT2D eigenvalue weighted by molar-refractivity contribution is 5.56. The molecule has 0 bridgehead atoms. The second-order valence-corrected chi connectivity index (χ2v) is 5.71. The summed E-state index contributed by atoms with van der Waals surface area (Å²) < 4.78 is 0. The molecule has 5 nitrogen and oxygen atoms in total. The molecule has 1 aliphatic heterocycles. The van der Waals surface area contributed by atoms with Crippen molar-refractivity contribution in [3.8, 4) is 0 Å². The van der Waals surface area contributed by atoms with E-state index in [1.165, 1.54) is 0 Å². The average Bonchev–Trinajstić information content (AvgIpc) is 2.41. The molecule has 1 atom stereocenters. The molecule has 106 valence electrons. The van der Waals surface area contributed by atoms with Gasteiger partial charge in [-0.1, -0.05) is 13.8 Å². The third-order valence-electron chi connectivity index (χ3n) is 3.77. The topological polar surface area (TPSA) is 75.3 Å². The van der Waals surface area contributed by atoms with E-state index < -0.39 is 0 Å². The number of hydrogen-bond donors (Lipinski definition) is 2. The fourth-order valence-electron chi connectivity index (χ4n) is 2.51. The molecule has 1 fully saturated rings. The Morgan fingerprint density at radius 2 is 2.16 bits per heavy atom. The minimum absolute atomic E-state index is 0.243. The molecule has 1 unspecified atom stereocenters. The van der Waals surface area contributed by atoms with Gasteiger partial charge in [-0.15, -0.1) is 0 Å². The standard InChI is InChI=1S/C14H24N4O/c1-9(2)13-16-12(15)10(3)14(17-13)18-6-4-5-11(7-18)8-19/h9,11,19H,4-8H2,1-3H3,(H2,15,16,17). The molecule has 0 saturated carbocycles. The number of piperidine rings is 1. The first-order valence-corrected chi connectivity index (χ1v) is 7.02. The van der Waals surface area contributed by atoms with Crippen LogP contribution in [0.25, 0.3) is 0 Å². The Labute approximate surface area is 114 Å². The van der Waals surface area contributed by atoms with E-state index in [-0.39, 0.29) is 12.5 Å². The van der Waals surface area contributed by atoms with Gasteiger partial charge in [-0.2, -0.15) is 0 Å². The Hall–Kier alpha value is -1.36. The van der Waals surface area contributed by atoms with Gasteiger partial charge >= 0.3 is 0 Å². The number of rotatable bonds is 3. The van der Waals surface area contributed by atoms with Crippen LogP contribution < -0.4 is 10.6 Å². The molecular formula is C14H24N4O. The summed E-state index contributed by atoms with van der Waals surface area (Å²) >= 11 is 0. The van der Waals surface area contributed by atoms with Crippen molar-refractivity contribution >= 4 is 11.6 Å². The Balaban J connectivity index is 2.32. The second kappa shape index (κ2) is 5.74. The third kappa shape index (κ3) is 2.97. The van der Waals surface area contributed by atoms with Gasteiger partial charge in [-0.3, -0.25) is 0 Å². The lowest BCUT2D eigenvalue weighted by molar-refractivity contribution is 0.208. The predicted molar refractivity (Wildman–Crippen MR) is 77.3 cm³/mol. The second-order valence-electron chi connectivity index (χ2n) is 5.71. The summed E-state index contributed by atoms with van der Waals surface area (Å²) in [5.41, 5.74) is 6.95. The van der Waals surface area contributed by atoms with Crippen LogP contribution in [0.4, 0.5) is 11.6 Å². The predicted octanol–water partition coefficient (Wildman–Crippen LogP) is 1.70. The van der Waals surface area contributed by atoms with Crippen molar-refractivity contribution in [3.63, 3.8) is 0 Å². The summed E-state index contributed by atoms with van der Waals surface area (Å²) in [6.07, 6.45) is 2.18. The molecule has 5 heteroatoms. The minimum Gasteiger partial charge on any atom is -0.396 e. The molecule has 0 amide bonds. The van der Waals surface area contributed by atoms with Gasteiger partial charge in [0, 0.05) is 31.2 Å². The molecule has 2 rings (SSSR count). The number of nitrogens with zero attached hydrogens (tertiary/aromatic N) is 3. The van der Waals surface area contributed by atoms with Crippen LogP contribution in [0, 0.1) is 12.8 Å². The van der Waals surface area contributed by atoms with Crippen LogP contribution in [0.1, 0.15) is 44.0 Å². The van der Waals surface area contributed by atoms with Gasteiger partial charge in [-0.05, 0) is 25.7 Å². The molecule has 3 N–H and O–H groups in total. The lowest BCUT2D eigenvalue weighted by Crippen LogP contribution is -2.38. The van der Waals surface area contributed by atoms with Crippen molar-refractivity contribution in [2.45, 2.75) is 39.5 Å². The monoisotopic (exact) mass is 264 g/mol. The fourth-order valence-corrected chi connectivity index (χ4v) is 2.51. The molecule has 0 radical (unpaired) electrons. The molecule has 0 aromatic carbocycles. The molecule has 1 saturated heterocycles. The zero-order chi connectivity index (χ0) is 14.0. The highest BCUT2D eigenvalue weighted by atomic mass is 16.3. The van der Waals surface area contributed by atoms with Crippen molar-refractivity contribution < 1.29 is 5.11 Å². The molecule has 1 aromatic rings. The summed E-state index contributed by atoms with van der Waals surface area (Å²) in [5.74, 6) is 2.91. The number of aromatic nitrogens is 2. The van der Waals surface area contributed by atoms with Crippen LogP contribution in [-0.4, -0.2) is 34.8 Å². The van der Waals surface area contributed by atoms with Gasteiger partial charge in [0.05, 0.1) is 0 Å². The number of hydrogen-bond acceptors (Lipinski definition) is 5. The SMILES string of the molecule is Cc1c(N)nc(C(C)C)nc1N1CCCC(CO)C1. The number of aliphatic hydroxyl groups is 1. The van der Waals surface area contributed by atoms with E-state index in [0.717, 1.165) is 43.1 Å². The van der Waals surface area contributed by atoms with E-state index in [4.69, 9.17) is 5.73 Å². The largest absolute Gasteiger partial charge is 0.396 e. The Morgan fingerprint density at radius 1 is 1.42 bits per heavy atom. The minimum atomic E-state index is 0.243. The summed E-state index contributed by atoms with van der Waals surface area (Å²) in [6.45, 7) is 8.18. The van der Waals surface area contributed by atoms with Crippen LogP contribution in [0.5, 0.6) is 0 Å².